The maximum absolute atomic E-state index is 14.6. The van der Waals surface area contributed by atoms with Gasteiger partial charge in [0, 0.05) is 24.0 Å². The first-order chi connectivity index (χ1) is 15.2. The highest BCUT2D eigenvalue weighted by molar-refractivity contribution is 7.92. The molecule has 0 radical (unpaired) electrons. The van der Waals surface area contributed by atoms with E-state index in [2.05, 4.69) is 0 Å². The van der Waals surface area contributed by atoms with Crippen LogP contribution in [0.2, 0.25) is 0 Å². The van der Waals surface area contributed by atoms with Crippen LogP contribution in [0.4, 0.5) is 10.1 Å². The van der Waals surface area contributed by atoms with Gasteiger partial charge in [-0.1, -0.05) is 25.1 Å². The summed E-state index contributed by atoms with van der Waals surface area (Å²) in [5.41, 5.74) is 0.986. The van der Waals surface area contributed by atoms with Crippen LogP contribution in [0.15, 0.2) is 76.6 Å². The van der Waals surface area contributed by atoms with Gasteiger partial charge in [-0.3, -0.25) is 4.31 Å². The largest absolute Gasteiger partial charge is 0.501 e. The molecule has 2 atom stereocenters. The van der Waals surface area contributed by atoms with Gasteiger partial charge in [0.25, 0.3) is 10.0 Å². The molecule has 32 heavy (non-hydrogen) atoms. The summed E-state index contributed by atoms with van der Waals surface area (Å²) in [5, 5.41) is 0. The molecule has 0 heterocycles. The van der Waals surface area contributed by atoms with Crippen LogP contribution < -0.4 is 9.04 Å². The highest BCUT2D eigenvalue weighted by atomic mass is 32.2. The van der Waals surface area contributed by atoms with Gasteiger partial charge in [0.1, 0.15) is 22.2 Å². The number of ether oxygens (including phenoxy) is 3. The predicted molar refractivity (Wildman–Crippen MR) is 121 cm³/mol. The van der Waals surface area contributed by atoms with Crippen molar-refractivity contribution in [2.24, 2.45) is 5.92 Å². The number of allylic oxidation sites excluding steroid dienone is 2. The Kier molecular flexibility index (Phi) is 7.13. The van der Waals surface area contributed by atoms with E-state index < -0.39 is 26.8 Å². The lowest BCUT2D eigenvalue weighted by molar-refractivity contribution is 0.208. The molecule has 0 bridgehead atoms. The second-order valence-electron chi connectivity index (χ2n) is 7.55. The number of hydrogen-bond acceptors (Lipinski definition) is 5. The monoisotopic (exact) mass is 461 g/mol. The average molecular weight is 462 g/mol. The third kappa shape index (κ3) is 4.46. The van der Waals surface area contributed by atoms with Crippen LogP contribution in [0.5, 0.6) is 5.75 Å². The zero-order chi connectivity index (χ0) is 23.5. The Labute approximate surface area is 189 Å². The fourth-order valence-electron chi connectivity index (χ4n) is 3.97. The van der Waals surface area contributed by atoms with E-state index in [1.54, 1.807) is 51.5 Å². The molecule has 0 aliphatic heterocycles. The molecule has 2 aromatic rings. The van der Waals surface area contributed by atoms with Crippen LogP contribution in [0.25, 0.3) is 0 Å². The zero-order valence-corrected chi connectivity index (χ0v) is 19.6. The molecule has 0 fully saturated rings. The molecule has 2 aromatic carbocycles. The number of methoxy groups -OCH3 is 3. The van der Waals surface area contributed by atoms with Crippen molar-refractivity contribution in [1.29, 1.82) is 0 Å². The lowest BCUT2D eigenvalue weighted by Crippen LogP contribution is -2.41. The van der Waals surface area contributed by atoms with Crippen molar-refractivity contribution in [3.05, 3.63) is 77.5 Å². The number of halogens is 1. The molecular weight excluding hydrogens is 433 g/mol. The molecule has 172 valence electrons. The molecule has 0 amide bonds. The van der Waals surface area contributed by atoms with E-state index in [1.165, 1.54) is 29.6 Å². The molecule has 0 saturated carbocycles. The smallest absolute Gasteiger partial charge is 0.267 e. The molecule has 2 unspecified atom stereocenters. The number of sulfonamides is 1. The Balaban J connectivity index is 2.25. The van der Waals surface area contributed by atoms with E-state index in [4.69, 9.17) is 14.2 Å². The molecule has 0 aromatic heterocycles. The van der Waals surface area contributed by atoms with Crippen molar-refractivity contribution < 1.29 is 27.0 Å². The Morgan fingerprint density at radius 1 is 1.03 bits per heavy atom. The lowest BCUT2D eigenvalue weighted by atomic mass is 9.90. The molecule has 1 aliphatic rings. The van der Waals surface area contributed by atoms with Crippen LogP contribution in [0.1, 0.15) is 20.3 Å². The van der Waals surface area contributed by atoms with Crippen molar-refractivity contribution in [3.63, 3.8) is 0 Å². The van der Waals surface area contributed by atoms with E-state index in [9.17, 15) is 12.8 Å². The van der Waals surface area contributed by atoms with Crippen molar-refractivity contribution in [2.75, 3.05) is 25.6 Å². The van der Waals surface area contributed by atoms with Crippen LogP contribution >= 0.6 is 0 Å². The first-order valence-corrected chi connectivity index (χ1v) is 11.6. The fourth-order valence-corrected chi connectivity index (χ4v) is 5.67. The van der Waals surface area contributed by atoms with Gasteiger partial charge < -0.3 is 14.2 Å². The van der Waals surface area contributed by atoms with Gasteiger partial charge in [0.15, 0.2) is 0 Å². The molecule has 0 spiro atoms. The number of nitrogens with zero attached hydrogens (tertiary/aromatic N) is 1. The Morgan fingerprint density at radius 3 is 2.38 bits per heavy atom. The van der Waals surface area contributed by atoms with Crippen LogP contribution in [-0.4, -0.2) is 35.8 Å². The maximum Gasteiger partial charge on any atom is 0.267 e. The second kappa shape index (κ2) is 9.65. The summed E-state index contributed by atoms with van der Waals surface area (Å²) >= 11 is 0. The van der Waals surface area contributed by atoms with Crippen LogP contribution in [0, 0.1) is 11.7 Å². The average Bonchev–Trinajstić information content (AvgIpc) is 2.78. The molecule has 8 heteroatoms. The first-order valence-electron chi connectivity index (χ1n) is 10.2. The topological polar surface area (TPSA) is 65.1 Å². The summed E-state index contributed by atoms with van der Waals surface area (Å²) in [7, 11) is 0.350. The third-order valence-corrected chi connectivity index (χ3v) is 7.45. The van der Waals surface area contributed by atoms with E-state index in [1.807, 2.05) is 6.92 Å². The van der Waals surface area contributed by atoms with Crippen molar-refractivity contribution in [3.8, 4) is 5.75 Å². The Hall–Kier alpha value is -3.00. The Morgan fingerprint density at radius 2 is 1.75 bits per heavy atom. The van der Waals surface area contributed by atoms with Crippen LogP contribution in [-0.2, 0) is 19.5 Å². The minimum absolute atomic E-state index is 0.0132. The normalized spacial score (nSPS) is 17.4. The first kappa shape index (κ1) is 23.7. The number of benzene rings is 2. The molecule has 3 rings (SSSR count). The molecule has 6 nitrogen and oxygen atoms in total. The third-order valence-electron chi connectivity index (χ3n) is 5.52. The van der Waals surface area contributed by atoms with Gasteiger partial charge in [-0.05, 0) is 37.3 Å². The van der Waals surface area contributed by atoms with Gasteiger partial charge in [-0.15, -0.1) is 0 Å². The number of rotatable bonds is 8. The van der Waals surface area contributed by atoms with Gasteiger partial charge in [0.2, 0.25) is 0 Å². The van der Waals surface area contributed by atoms with Gasteiger partial charge >= 0.3 is 0 Å². The molecule has 0 saturated heterocycles. The van der Waals surface area contributed by atoms with Crippen molar-refractivity contribution in [2.45, 2.75) is 31.2 Å². The van der Waals surface area contributed by atoms with E-state index in [0.717, 1.165) is 6.07 Å². The maximum atomic E-state index is 14.6. The van der Waals surface area contributed by atoms with Gasteiger partial charge in [-0.2, -0.15) is 0 Å². The highest BCUT2D eigenvalue weighted by Gasteiger charge is 2.36. The standard InChI is InChI=1S/C24H28FNO5S/c1-16-13-20(30-4)15-21(24(16)31-5)17(2)26(18-9-8-10-19(14-18)29-3)32(27,28)23-12-7-6-11-22(23)25/h6-12,14-17H,13H2,1-5H3. The number of hydrogen-bond donors (Lipinski definition) is 0. The lowest BCUT2D eigenvalue weighted by Gasteiger charge is -2.35. The van der Waals surface area contributed by atoms with Crippen molar-refractivity contribution >= 4 is 15.7 Å². The second-order valence-corrected chi connectivity index (χ2v) is 9.34. The van der Waals surface area contributed by atoms with E-state index in [0.29, 0.717) is 34.9 Å². The van der Waals surface area contributed by atoms with E-state index >= 15 is 0 Å². The molecular formula is C24H28FNO5S. The van der Waals surface area contributed by atoms with Gasteiger partial charge in [0.05, 0.1) is 38.8 Å². The fraction of sp³-hybridized carbons (Fsp3) is 0.333. The highest BCUT2D eigenvalue weighted by Crippen LogP contribution is 2.37. The zero-order valence-electron chi connectivity index (χ0n) is 18.8. The minimum Gasteiger partial charge on any atom is -0.501 e. The molecule has 1 aliphatic carbocycles. The number of anilines is 1. The summed E-state index contributed by atoms with van der Waals surface area (Å²) in [4.78, 5) is -0.408. The predicted octanol–water partition coefficient (Wildman–Crippen LogP) is 4.89. The summed E-state index contributed by atoms with van der Waals surface area (Å²) in [5.74, 6) is 1.03. The van der Waals surface area contributed by atoms with Crippen molar-refractivity contribution in [1.82, 2.24) is 0 Å². The van der Waals surface area contributed by atoms with E-state index in [-0.39, 0.29) is 5.92 Å². The summed E-state index contributed by atoms with van der Waals surface area (Å²) in [6.07, 6.45) is 2.43. The SMILES string of the molecule is COC1=CC(C(C)N(c2cccc(OC)c2)S(=O)(=O)c2ccccc2F)=C(OC)C(C)C1. The van der Waals surface area contributed by atoms with Crippen LogP contribution in [0.3, 0.4) is 0 Å². The minimum atomic E-state index is -4.29. The quantitative estimate of drug-likeness (QED) is 0.560. The molecule has 0 N–H and O–H groups in total. The summed E-state index contributed by atoms with van der Waals surface area (Å²) < 4.78 is 59.9. The van der Waals surface area contributed by atoms with Gasteiger partial charge in [-0.25, -0.2) is 12.8 Å². The summed E-state index contributed by atoms with van der Waals surface area (Å²) in [6.45, 7) is 3.73. The summed E-state index contributed by atoms with van der Waals surface area (Å²) in [6, 6.07) is 11.3. The Bertz CT molecular complexity index is 1140.